The van der Waals surface area contributed by atoms with Crippen molar-refractivity contribution < 1.29 is 8.83 Å². The first-order chi connectivity index (χ1) is 43.3. The molecule has 17 aromatic rings. The zero-order valence-corrected chi connectivity index (χ0v) is 50.5. The molecule has 0 amide bonds. The molecule has 4 nitrogen and oxygen atoms in total. The molecule has 0 saturated carbocycles. The third kappa shape index (κ3) is 9.19. The van der Waals surface area contributed by atoms with Gasteiger partial charge in [0.2, 0.25) is 0 Å². The molecule has 0 bridgehead atoms. The number of anilines is 6. The average Bonchev–Trinajstić information content (AvgIpc) is 1.85. The van der Waals surface area contributed by atoms with Crippen LogP contribution >= 0.6 is 22.7 Å². The lowest BCUT2D eigenvalue weighted by molar-refractivity contribution is 0.597. The molecular weight excluding hydrogens is 1110 g/mol. The number of thiophene rings is 2. The summed E-state index contributed by atoms with van der Waals surface area (Å²) in [4.78, 5) is 4.76. The van der Waals surface area contributed by atoms with Gasteiger partial charge < -0.3 is 18.6 Å². The van der Waals surface area contributed by atoms with Crippen molar-refractivity contribution >= 4 is 141 Å². The summed E-state index contributed by atoms with van der Waals surface area (Å²) in [5.41, 5.74) is 18.8. The molecule has 4 heterocycles. The first-order valence-corrected chi connectivity index (χ1v) is 31.6. The third-order valence-corrected chi connectivity index (χ3v) is 19.7. The molecule has 17 rings (SSSR count). The Balaban J connectivity index is 0.000000142. The maximum absolute atomic E-state index is 6.61. The maximum Gasteiger partial charge on any atom is 0.159 e. The van der Waals surface area contributed by atoms with Crippen LogP contribution in [0.25, 0.3) is 118 Å². The Hall–Kier alpha value is -10.5. The number of hydrogen-bond donors (Lipinski definition) is 0. The van der Waals surface area contributed by atoms with E-state index in [0.717, 1.165) is 78.0 Å². The summed E-state index contributed by atoms with van der Waals surface area (Å²) >= 11 is 3.76. The van der Waals surface area contributed by atoms with Crippen LogP contribution in [-0.2, 0) is 5.41 Å². The molecule has 0 N–H and O–H groups in total. The molecule has 6 heteroatoms. The Morgan fingerprint density at radius 1 is 0.261 bits per heavy atom. The van der Waals surface area contributed by atoms with E-state index in [-0.39, 0.29) is 5.41 Å². The van der Waals surface area contributed by atoms with E-state index in [0.29, 0.717) is 0 Å². The van der Waals surface area contributed by atoms with Crippen LogP contribution in [0.15, 0.2) is 306 Å². The highest BCUT2D eigenvalue weighted by molar-refractivity contribution is 7.27. The van der Waals surface area contributed by atoms with Crippen molar-refractivity contribution in [2.75, 3.05) is 9.80 Å². The molecule has 0 radical (unpaired) electrons. The minimum absolute atomic E-state index is 0.0490. The van der Waals surface area contributed by atoms with Crippen LogP contribution in [0.2, 0.25) is 0 Å². The van der Waals surface area contributed by atoms with Crippen molar-refractivity contribution in [2.24, 2.45) is 0 Å². The minimum atomic E-state index is 0.0490. The third-order valence-electron chi connectivity index (χ3n) is 17.1. The van der Waals surface area contributed by atoms with Gasteiger partial charge in [-0.1, -0.05) is 257 Å². The molecule has 0 unspecified atom stereocenters. The number of hydrogen-bond acceptors (Lipinski definition) is 6. The summed E-state index contributed by atoms with van der Waals surface area (Å²) in [7, 11) is 0. The number of rotatable bonds is 9. The molecule has 0 saturated heterocycles. The van der Waals surface area contributed by atoms with Gasteiger partial charge in [0, 0.05) is 63.9 Å². The largest absolute Gasteiger partial charge is 0.454 e. The fraction of sp³-hybridized carbons (Fsp3) is 0.0488. The highest BCUT2D eigenvalue weighted by Crippen LogP contribution is 2.52. The van der Waals surface area contributed by atoms with Crippen molar-refractivity contribution in [1.82, 2.24) is 0 Å². The molecule has 13 aromatic carbocycles. The van der Waals surface area contributed by atoms with Crippen molar-refractivity contribution in [1.29, 1.82) is 0 Å². The van der Waals surface area contributed by atoms with Gasteiger partial charge in [0.25, 0.3) is 0 Å². The predicted molar refractivity (Wildman–Crippen MR) is 378 cm³/mol. The monoisotopic (exact) mass is 1170 g/mol. The van der Waals surface area contributed by atoms with Crippen LogP contribution in [0, 0.1) is 0 Å². The summed E-state index contributed by atoms with van der Waals surface area (Å²) in [6, 6.07) is 106. The lowest BCUT2D eigenvalue weighted by Crippen LogP contribution is -2.10. The Labute approximate surface area is 518 Å². The predicted octanol–water partition coefficient (Wildman–Crippen LogP) is 25.1. The standard InChI is InChI=1S/C42H27NOS.C40H31NOS/c1-3-12-28(13-4-1)29-24-26-31(27-25-29)43(37-21-10-18-34-33-16-7-8-23-39(33)44-40(34)37)38-22-11-20-36-35-19-9-17-32(41(35)45-42(36)38)30-14-5-2-6-15-30;1-40(2,3)33-18-9-16-31-32-17-11-20-35(39(32)43-38(31)33)41(28-24-22-27(23-25-28)26-12-5-4-6-13-26)34-19-10-15-30-29-14-7-8-21-36(29)42-37(30)34/h1-27H;4-25H,1-3H3. The molecule has 0 spiro atoms. The van der Waals surface area contributed by atoms with E-state index < -0.39 is 0 Å². The first kappa shape index (κ1) is 53.0. The summed E-state index contributed by atoms with van der Waals surface area (Å²) in [5.74, 6) is 0. The molecule has 0 aliphatic heterocycles. The molecule has 0 aliphatic carbocycles. The highest BCUT2D eigenvalue weighted by atomic mass is 32.1. The Kier molecular flexibility index (Phi) is 13.1. The summed E-state index contributed by atoms with van der Waals surface area (Å²) in [6.07, 6.45) is 0. The van der Waals surface area contributed by atoms with Gasteiger partial charge in [0.1, 0.15) is 11.2 Å². The van der Waals surface area contributed by atoms with Crippen molar-refractivity contribution in [3.63, 3.8) is 0 Å². The van der Waals surface area contributed by atoms with Gasteiger partial charge in [0.15, 0.2) is 11.2 Å². The second kappa shape index (κ2) is 21.8. The van der Waals surface area contributed by atoms with E-state index in [1.165, 1.54) is 79.3 Å². The van der Waals surface area contributed by atoms with Crippen molar-refractivity contribution in [2.45, 2.75) is 26.2 Å². The van der Waals surface area contributed by atoms with E-state index in [1.807, 2.05) is 34.8 Å². The lowest BCUT2D eigenvalue weighted by Gasteiger charge is -2.26. The van der Waals surface area contributed by atoms with Crippen LogP contribution < -0.4 is 9.80 Å². The topological polar surface area (TPSA) is 32.8 Å². The Morgan fingerprint density at radius 2 is 0.602 bits per heavy atom. The molecule has 4 aromatic heterocycles. The molecule has 0 aliphatic rings. The first-order valence-electron chi connectivity index (χ1n) is 30.0. The van der Waals surface area contributed by atoms with Crippen LogP contribution in [-0.4, -0.2) is 0 Å². The second-order valence-corrected chi connectivity index (χ2v) is 25.5. The van der Waals surface area contributed by atoms with Crippen molar-refractivity contribution in [3.8, 4) is 33.4 Å². The van der Waals surface area contributed by atoms with Gasteiger partial charge >= 0.3 is 0 Å². The lowest BCUT2D eigenvalue weighted by atomic mass is 9.86. The number of para-hydroxylation sites is 4. The number of fused-ring (bicyclic) bond motifs is 12. The number of nitrogens with zero attached hydrogens (tertiary/aromatic N) is 2. The normalized spacial score (nSPS) is 11.8. The van der Waals surface area contributed by atoms with Crippen LogP contribution in [0.5, 0.6) is 0 Å². The van der Waals surface area contributed by atoms with Gasteiger partial charge in [-0.05, 0) is 105 Å². The fourth-order valence-corrected chi connectivity index (χ4v) is 15.8. The van der Waals surface area contributed by atoms with Gasteiger partial charge in [-0.3, -0.25) is 0 Å². The molecule has 0 atom stereocenters. The smallest absolute Gasteiger partial charge is 0.159 e. The highest BCUT2D eigenvalue weighted by Gasteiger charge is 2.26. The quantitative estimate of drug-likeness (QED) is 0.144. The van der Waals surface area contributed by atoms with E-state index >= 15 is 0 Å². The SMILES string of the molecule is CC(C)(C)c1cccc2c1sc1c(N(c3ccc(-c4ccccc4)cc3)c3cccc4c3oc3ccccc34)cccc12.c1ccc(-c2ccc(N(c3cccc4c3oc3ccccc34)c3cccc4c3sc3c(-c5ccccc5)cccc34)cc2)cc1. The maximum atomic E-state index is 6.61. The van der Waals surface area contributed by atoms with Gasteiger partial charge in [-0.25, -0.2) is 0 Å². The molecule has 88 heavy (non-hydrogen) atoms. The van der Waals surface area contributed by atoms with Gasteiger partial charge in [0.05, 0.1) is 32.1 Å². The average molecular weight is 1170 g/mol. The molecule has 420 valence electrons. The van der Waals surface area contributed by atoms with Crippen LogP contribution in [0.3, 0.4) is 0 Å². The molecular formula is C82H58N2O2S2. The number of benzene rings is 13. The number of furan rings is 2. The zero-order valence-electron chi connectivity index (χ0n) is 48.8. The fourth-order valence-electron chi connectivity index (χ4n) is 12.9. The van der Waals surface area contributed by atoms with E-state index in [9.17, 15) is 0 Å². The summed E-state index contributed by atoms with van der Waals surface area (Å²) in [6.45, 7) is 6.90. The molecule has 0 fully saturated rings. The van der Waals surface area contributed by atoms with E-state index in [4.69, 9.17) is 8.83 Å². The van der Waals surface area contributed by atoms with Crippen LogP contribution in [0.1, 0.15) is 26.3 Å². The summed E-state index contributed by atoms with van der Waals surface area (Å²) in [5, 5.41) is 9.63. The van der Waals surface area contributed by atoms with Gasteiger partial charge in [-0.15, -0.1) is 22.7 Å². The van der Waals surface area contributed by atoms with Crippen LogP contribution in [0.4, 0.5) is 34.1 Å². The zero-order chi connectivity index (χ0) is 58.9. The van der Waals surface area contributed by atoms with E-state index in [1.54, 1.807) is 0 Å². The minimum Gasteiger partial charge on any atom is -0.454 e. The van der Waals surface area contributed by atoms with E-state index in [2.05, 4.69) is 316 Å². The second-order valence-electron chi connectivity index (χ2n) is 23.5. The Morgan fingerprint density at radius 3 is 1.07 bits per heavy atom. The summed E-state index contributed by atoms with van der Waals surface area (Å²) < 4.78 is 18.4. The Bertz CT molecular complexity index is 5420. The van der Waals surface area contributed by atoms with Gasteiger partial charge in [-0.2, -0.15) is 0 Å². The van der Waals surface area contributed by atoms with Crippen molar-refractivity contribution in [3.05, 3.63) is 303 Å².